The number of halogens is 2. The van der Waals surface area contributed by atoms with Gasteiger partial charge in [-0.1, -0.05) is 13.3 Å². The first-order valence-corrected chi connectivity index (χ1v) is 7.26. The van der Waals surface area contributed by atoms with Gasteiger partial charge in [0.05, 0.1) is 11.2 Å². The molecule has 2 N–H and O–H groups in total. The molecule has 0 aliphatic heterocycles. The minimum Gasteiger partial charge on any atom is -0.388 e. The van der Waals surface area contributed by atoms with Gasteiger partial charge in [-0.3, -0.25) is 4.79 Å². The molecule has 1 amide bonds. The second kappa shape index (κ2) is 6.47. The number of amides is 1. The summed E-state index contributed by atoms with van der Waals surface area (Å²) in [5.74, 6) is -2.69. The molecule has 0 bridgehead atoms. The summed E-state index contributed by atoms with van der Waals surface area (Å²) in [6.07, 6.45) is 5.18. The minimum absolute atomic E-state index is 0.0473. The first-order chi connectivity index (χ1) is 9.95. The predicted octanol–water partition coefficient (Wildman–Crippen LogP) is 2.42. The van der Waals surface area contributed by atoms with E-state index in [4.69, 9.17) is 0 Å². The van der Waals surface area contributed by atoms with Crippen molar-refractivity contribution in [2.45, 2.75) is 44.6 Å². The van der Waals surface area contributed by atoms with Gasteiger partial charge >= 0.3 is 0 Å². The van der Waals surface area contributed by atoms with E-state index in [0.717, 1.165) is 31.5 Å². The van der Waals surface area contributed by atoms with E-state index in [1.807, 2.05) is 0 Å². The van der Waals surface area contributed by atoms with Gasteiger partial charge in [-0.2, -0.15) is 4.39 Å². The summed E-state index contributed by atoms with van der Waals surface area (Å²) in [7, 11) is 0. The topological polar surface area (TPSA) is 62.2 Å². The van der Waals surface area contributed by atoms with E-state index < -0.39 is 28.8 Å². The summed E-state index contributed by atoms with van der Waals surface area (Å²) in [5, 5.41) is 12.9. The molecule has 0 aromatic carbocycles. The van der Waals surface area contributed by atoms with E-state index in [1.165, 1.54) is 0 Å². The van der Waals surface area contributed by atoms with Gasteiger partial charge in [-0.15, -0.1) is 0 Å². The summed E-state index contributed by atoms with van der Waals surface area (Å²) >= 11 is 0. The van der Waals surface area contributed by atoms with Crippen molar-refractivity contribution >= 4 is 5.91 Å². The number of pyridine rings is 1. The number of nitrogens with zero attached hydrogens (tertiary/aromatic N) is 1. The summed E-state index contributed by atoms with van der Waals surface area (Å²) in [5.41, 5.74) is -1.35. The summed E-state index contributed by atoms with van der Waals surface area (Å²) in [6, 6.07) is 1.12. The summed E-state index contributed by atoms with van der Waals surface area (Å²) in [6.45, 7) is 2.17. The Hall–Kier alpha value is -1.56. The maximum Gasteiger partial charge on any atom is 0.254 e. The van der Waals surface area contributed by atoms with Crippen LogP contribution in [0.4, 0.5) is 8.78 Å². The molecule has 116 valence electrons. The Kier molecular flexibility index (Phi) is 4.88. The van der Waals surface area contributed by atoms with E-state index >= 15 is 0 Å². The molecule has 6 heteroatoms. The normalized spacial score (nSPS) is 25.6. The molecular weight excluding hydrogens is 278 g/mol. The van der Waals surface area contributed by atoms with Crippen LogP contribution in [0.15, 0.2) is 12.3 Å². The fourth-order valence-corrected chi connectivity index (χ4v) is 2.73. The third kappa shape index (κ3) is 3.75. The first-order valence-electron chi connectivity index (χ1n) is 7.26. The van der Waals surface area contributed by atoms with Crippen LogP contribution in [-0.2, 0) is 0 Å². The molecular formula is C15H20F2N2O2. The Balaban J connectivity index is 1.94. The summed E-state index contributed by atoms with van der Waals surface area (Å²) in [4.78, 5) is 15.0. The van der Waals surface area contributed by atoms with Crippen LogP contribution in [0.2, 0.25) is 0 Å². The average Bonchev–Trinajstić information content (AvgIpc) is 2.49. The molecule has 1 saturated carbocycles. The van der Waals surface area contributed by atoms with Crippen molar-refractivity contribution in [2.75, 3.05) is 6.54 Å². The molecule has 0 radical (unpaired) electrons. The highest BCUT2D eigenvalue weighted by molar-refractivity contribution is 5.94. The molecule has 1 heterocycles. The molecule has 1 aromatic rings. The minimum atomic E-state index is -1.30. The Bertz CT molecular complexity index is 514. The zero-order valence-corrected chi connectivity index (χ0v) is 12.0. The van der Waals surface area contributed by atoms with Gasteiger partial charge in [-0.25, -0.2) is 9.37 Å². The lowest BCUT2D eigenvalue weighted by atomic mass is 9.78. The highest BCUT2D eigenvalue weighted by atomic mass is 19.2. The molecule has 1 aromatic heterocycles. The van der Waals surface area contributed by atoms with Crippen LogP contribution in [-0.4, -0.2) is 28.1 Å². The number of aromatic nitrogens is 1. The number of hydrogen-bond donors (Lipinski definition) is 2. The molecule has 4 nitrogen and oxygen atoms in total. The van der Waals surface area contributed by atoms with Crippen LogP contribution in [0.25, 0.3) is 0 Å². The highest BCUT2D eigenvalue weighted by Gasteiger charge is 2.33. The third-order valence-electron chi connectivity index (χ3n) is 4.28. The fourth-order valence-electron chi connectivity index (χ4n) is 2.73. The van der Waals surface area contributed by atoms with Gasteiger partial charge in [0.2, 0.25) is 5.95 Å². The van der Waals surface area contributed by atoms with E-state index in [2.05, 4.69) is 17.2 Å². The molecule has 1 aliphatic carbocycles. The smallest absolute Gasteiger partial charge is 0.254 e. The number of carbonyl (C=O) groups excluding carboxylic acids is 1. The van der Waals surface area contributed by atoms with E-state index in [1.54, 1.807) is 0 Å². The lowest BCUT2D eigenvalue weighted by Crippen LogP contribution is -2.45. The largest absolute Gasteiger partial charge is 0.388 e. The fraction of sp³-hybridized carbons (Fsp3) is 0.600. The Morgan fingerprint density at radius 3 is 2.76 bits per heavy atom. The monoisotopic (exact) mass is 298 g/mol. The average molecular weight is 298 g/mol. The first kappa shape index (κ1) is 15.8. The third-order valence-corrected chi connectivity index (χ3v) is 4.28. The number of rotatable bonds is 4. The van der Waals surface area contributed by atoms with Crippen LogP contribution in [0.5, 0.6) is 0 Å². The van der Waals surface area contributed by atoms with Gasteiger partial charge in [0, 0.05) is 12.7 Å². The SMILES string of the molecule is CCC1CCC(O)(CNC(=O)c2ccnc(F)c2F)CC1. The zero-order valence-electron chi connectivity index (χ0n) is 12.0. The van der Waals surface area contributed by atoms with E-state index in [9.17, 15) is 18.7 Å². The zero-order chi connectivity index (χ0) is 15.5. The summed E-state index contributed by atoms with van der Waals surface area (Å²) < 4.78 is 26.4. The molecule has 0 atom stereocenters. The Morgan fingerprint density at radius 2 is 2.14 bits per heavy atom. The number of hydrogen-bond acceptors (Lipinski definition) is 3. The van der Waals surface area contributed by atoms with Gasteiger partial charge in [0.15, 0.2) is 5.82 Å². The van der Waals surface area contributed by atoms with Crippen LogP contribution >= 0.6 is 0 Å². The standard InChI is InChI=1S/C15H20F2N2O2/c1-2-10-3-6-15(21,7-4-10)9-19-14(20)11-5-8-18-13(17)12(11)16/h5,8,10,21H,2-4,6-7,9H2,1H3,(H,19,20). The molecule has 0 spiro atoms. The van der Waals surface area contributed by atoms with Crippen LogP contribution in [0.3, 0.4) is 0 Å². The van der Waals surface area contributed by atoms with Gasteiger partial charge in [-0.05, 0) is 37.7 Å². The van der Waals surface area contributed by atoms with Gasteiger partial charge in [0.1, 0.15) is 0 Å². The number of nitrogens with one attached hydrogen (secondary N) is 1. The number of carbonyl (C=O) groups is 1. The Morgan fingerprint density at radius 1 is 1.48 bits per heavy atom. The van der Waals surface area contributed by atoms with Crippen molar-refractivity contribution in [3.63, 3.8) is 0 Å². The van der Waals surface area contributed by atoms with Crippen molar-refractivity contribution < 1.29 is 18.7 Å². The maximum atomic E-state index is 13.4. The van der Waals surface area contributed by atoms with Crippen molar-refractivity contribution in [1.82, 2.24) is 10.3 Å². The Labute approximate surface area is 122 Å². The molecule has 1 fully saturated rings. The van der Waals surface area contributed by atoms with Crippen LogP contribution < -0.4 is 5.32 Å². The van der Waals surface area contributed by atoms with Crippen LogP contribution in [0, 0.1) is 17.7 Å². The highest BCUT2D eigenvalue weighted by Crippen LogP contribution is 2.33. The molecule has 0 saturated heterocycles. The van der Waals surface area contributed by atoms with E-state index in [-0.39, 0.29) is 6.54 Å². The lowest BCUT2D eigenvalue weighted by molar-refractivity contribution is -0.00790. The van der Waals surface area contributed by atoms with Crippen molar-refractivity contribution in [1.29, 1.82) is 0 Å². The van der Waals surface area contributed by atoms with Crippen molar-refractivity contribution in [3.8, 4) is 0 Å². The molecule has 21 heavy (non-hydrogen) atoms. The maximum absolute atomic E-state index is 13.4. The molecule has 2 rings (SSSR count). The quantitative estimate of drug-likeness (QED) is 0.839. The lowest BCUT2D eigenvalue weighted by Gasteiger charge is -2.35. The molecule has 0 unspecified atom stereocenters. The van der Waals surface area contributed by atoms with Gasteiger partial charge in [0.25, 0.3) is 5.91 Å². The predicted molar refractivity (Wildman–Crippen MR) is 73.7 cm³/mol. The molecule has 1 aliphatic rings. The van der Waals surface area contributed by atoms with E-state index in [0.29, 0.717) is 18.8 Å². The van der Waals surface area contributed by atoms with Crippen molar-refractivity contribution in [3.05, 3.63) is 29.6 Å². The second-order valence-electron chi connectivity index (χ2n) is 5.72. The van der Waals surface area contributed by atoms with Gasteiger partial charge < -0.3 is 10.4 Å². The number of aliphatic hydroxyl groups is 1. The van der Waals surface area contributed by atoms with Crippen molar-refractivity contribution in [2.24, 2.45) is 5.92 Å². The van der Waals surface area contributed by atoms with Crippen LogP contribution in [0.1, 0.15) is 49.4 Å². The second-order valence-corrected chi connectivity index (χ2v) is 5.72.